The van der Waals surface area contributed by atoms with Crippen LogP contribution in [0.15, 0.2) is 4.90 Å². The van der Waals surface area contributed by atoms with Crippen LogP contribution in [0.1, 0.15) is 18.7 Å². The average Bonchev–Trinajstić information content (AvgIpc) is 2.80. The Labute approximate surface area is 111 Å². The Morgan fingerprint density at radius 3 is 2.47 bits per heavy atom. The molecule has 0 aliphatic carbocycles. The third kappa shape index (κ3) is 2.12. The lowest BCUT2D eigenvalue weighted by Gasteiger charge is -2.17. The van der Waals surface area contributed by atoms with Crippen molar-refractivity contribution in [1.82, 2.24) is 0 Å². The van der Waals surface area contributed by atoms with Gasteiger partial charge in [0, 0.05) is 13.1 Å². The van der Waals surface area contributed by atoms with Gasteiger partial charge in [-0.1, -0.05) is 13.8 Å². The molecule has 1 aliphatic heterocycles. The molecule has 0 radical (unpaired) electrons. The van der Waals surface area contributed by atoms with Gasteiger partial charge in [-0.15, -0.1) is 23.1 Å². The van der Waals surface area contributed by atoms with Gasteiger partial charge in [-0.2, -0.15) is 5.26 Å². The molecule has 1 aliphatic rings. The molecule has 2 atom stereocenters. The van der Waals surface area contributed by atoms with E-state index in [-0.39, 0.29) is 0 Å². The number of thiophene rings is 1. The van der Waals surface area contributed by atoms with Crippen LogP contribution in [0.2, 0.25) is 0 Å². The predicted octanol–water partition coefficient (Wildman–Crippen LogP) is 3.02. The normalized spacial score (nSPS) is 24.0. The molecule has 92 valence electrons. The van der Waals surface area contributed by atoms with Gasteiger partial charge in [0.25, 0.3) is 0 Å². The number of nitriles is 1. The Hall–Kier alpha value is -0.860. The average molecular weight is 267 g/mol. The number of thioether (sulfide) groups is 1. The zero-order chi connectivity index (χ0) is 12.6. The molecule has 1 aromatic rings. The molecule has 0 amide bonds. The molecule has 5 heteroatoms. The third-order valence-electron chi connectivity index (χ3n) is 3.46. The molecule has 2 rings (SSSR count). The number of hydrogen-bond acceptors (Lipinski definition) is 5. The van der Waals surface area contributed by atoms with Crippen molar-refractivity contribution < 1.29 is 0 Å². The highest BCUT2D eigenvalue weighted by Crippen LogP contribution is 2.45. The van der Waals surface area contributed by atoms with E-state index in [1.807, 2.05) is 6.26 Å². The molecule has 0 bridgehead atoms. The van der Waals surface area contributed by atoms with Gasteiger partial charge < -0.3 is 10.6 Å². The molecular weight excluding hydrogens is 250 g/mol. The van der Waals surface area contributed by atoms with E-state index >= 15 is 0 Å². The quantitative estimate of drug-likeness (QED) is 0.837. The maximum atomic E-state index is 9.05. The fourth-order valence-corrected chi connectivity index (χ4v) is 4.20. The first-order valence-corrected chi connectivity index (χ1v) is 7.73. The minimum atomic E-state index is 0.650. The molecule has 17 heavy (non-hydrogen) atoms. The number of nitrogen functional groups attached to an aromatic ring is 1. The predicted molar refractivity (Wildman–Crippen MR) is 75.8 cm³/mol. The molecule has 0 spiro atoms. The summed E-state index contributed by atoms with van der Waals surface area (Å²) in [4.78, 5) is 4.10. The second-order valence-electron chi connectivity index (χ2n) is 4.65. The number of hydrogen-bond donors (Lipinski definition) is 1. The van der Waals surface area contributed by atoms with Crippen molar-refractivity contribution in [3.8, 4) is 6.07 Å². The van der Waals surface area contributed by atoms with Crippen LogP contribution in [-0.2, 0) is 0 Å². The summed E-state index contributed by atoms with van der Waals surface area (Å²) in [5.74, 6) is 1.41. The van der Waals surface area contributed by atoms with Gasteiger partial charge in [-0.25, -0.2) is 0 Å². The molecule has 0 aromatic carbocycles. The van der Waals surface area contributed by atoms with Gasteiger partial charge in [-0.05, 0) is 18.1 Å². The van der Waals surface area contributed by atoms with E-state index in [4.69, 9.17) is 11.0 Å². The minimum absolute atomic E-state index is 0.650. The summed E-state index contributed by atoms with van der Waals surface area (Å²) >= 11 is 3.17. The van der Waals surface area contributed by atoms with Crippen molar-refractivity contribution in [1.29, 1.82) is 5.26 Å². The highest BCUT2D eigenvalue weighted by molar-refractivity contribution is 7.99. The number of rotatable bonds is 2. The van der Waals surface area contributed by atoms with Crippen LogP contribution in [0, 0.1) is 23.2 Å². The largest absolute Gasteiger partial charge is 0.396 e. The smallest absolute Gasteiger partial charge is 0.131 e. The summed E-state index contributed by atoms with van der Waals surface area (Å²) < 4.78 is 0. The van der Waals surface area contributed by atoms with E-state index in [0.717, 1.165) is 18.0 Å². The van der Waals surface area contributed by atoms with Crippen molar-refractivity contribution in [2.24, 2.45) is 11.8 Å². The summed E-state index contributed by atoms with van der Waals surface area (Å²) in [7, 11) is 0. The summed E-state index contributed by atoms with van der Waals surface area (Å²) in [6, 6.07) is 2.19. The molecule has 1 aromatic heterocycles. The Morgan fingerprint density at radius 1 is 1.41 bits per heavy atom. The standard InChI is InChI=1S/C12H17N3S2/c1-7-5-15(6-8(7)2)12-11(16-3)10(14)9(4-13)17-12/h7-8H,5-6,14H2,1-3H3. The lowest BCUT2D eigenvalue weighted by molar-refractivity contribution is 0.494. The highest BCUT2D eigenvalue weighted by atomic mass is 32.2. The van der Waals surface area contributed by atoms with Crippen LogP contribution >= 0.6 is 23.1 Å². The number of nitrogens with zero attached hydrogens (tertiary/aromatic N) is 2. The van der Waals surface area contributed by atoms with Crippen LogP contribution in [0.5, 0.6) is 0 Å². The summed E-state index contributed by atoms with van der Waals surface area (Å²) in [6.45, 7) is 6.70. The first-order chi connectivity index (χ1) is 8.08. The first-order valence-electron chi connectivity index (χ1n) is 5.69. The monoisotopic (exact) mass is 267 g/mol. The zero-order valence-electron chi connectivity index (χ0n) is 10.4. The van der Waals surface area contributed by atoms with Gasteiger partial charge >= 0.3 is 0 Å². The van der Waals surface area contributed by atoms with Crippen LogP contribution in [-0.4, -0.2) is 19.3 Å². The number of nitrogens with two attached hydrogens (primary N) is 1. The highest BCUT2D eigenvalue weighted by Gasteiger charge is 2.30. The van der Waals surface area contributed by atoms with Gasteiger partial charge in [-0.3, -0.25) is 0 Å². The summed E-state index contributed by atoms with van der Waals surface area (Å²) in [5, 5.41) is 10.2. The molecule has 2 unspecified atom stereocenters. The molecule has 2 N–H and O–H groups in total. The van der Waals surface area contributed by atoms with E-state index in [2.05, 4.69) is 24.8 Å². The molecule has 2 heterocycles. The van der Waals surface area contributed by atoms with Crippen LogP contribution in [0.4, 0.5) is 10.7 Å². The lowest BCUT2D eigenvalue weighted by Crippen LogP contribution is -2.18. The van der Waals surface area contributed by atoms with Crippen LogP contribution < -0.4 is 10.6 Å². The van der Waals surface area contributed by atoms with E-state index in [1.165, 1.54) is 16.3 Å². The lowest BCUT2D eigenvalue weighted by atomic mass is 10.0. The topological polar surface area (TPSA) is 53.0 Å². The molecular formula is C12H17N3S2. The van der Waals surface area contributed by atoms with E-state index in [1.54, 1.807) is 11.8 Å². The Morgan fingerprint density at radius 2 is 2.00 bits per heavy atom. The van der Waals surface area contributed by atoms with Gasteiger partial charge in [0.05, 0.1) is 10.6 Å². The maximum absolute atomic E-state index is 9.05. The van der Waals surface area contributed by atoms with Crippen molar-refractivity contribution in [3.05, 3.63) is 4.88 Å². The SMILES string of the molecule is CSc1c(N2CC(C)C(C)C2)sc(C#N)c1N. The fourth-order valence-electron chi connectivity index (χ4n) is 2.20. The fraction of sp³-hybridized carbons (Fsp3) is 0.583. The van der Waals surface area contributed by atoms with Gasteiger partial charge in [0.2, 0.25) is 0 Å². The molecule has 1 fully saturated rings. The zero-order valence-corrected chi connectivity index (χ0v) is 12.0. The molecule has 0 saturated carbocycles. The van der Waals surface area contributed by atoms with Crippen LogP contribution in [0.25, 0.3) is 0 Å². The van der Waals surface area contributed by atoms with E-state index in [0.29, 0.717) is 22.4 Å². The third-order valence-corrected chi connectivity index (χ3v) is 5.58. The minimum Gasteiger partial charge on any atom is -0.396 e. The second kappa shape index (κ2) is 4.79. The Balaban J connectivity index is 2.36. The maximum Gasteiger partial charge on any atom is 0.131 e. The summed E-state index contributed by atoms with van der Waals surface area (Å²) in [6.07, 6.45) is 2.02. The van der Waals surface area contributed by atoms with E-state index < -0.39 is 0 Å². The van der Waals surface area contributed by atoms with Crippen molar-refractivity contribution >= 4 is 33.8 Å². The number of anilines is 2. The van der Waals surface area contributed by atoms with Crippen molar-refractivity contribution in [2.75, 3.05) is 30.0 Å². The molecule has 3 nitrogen and oxygen atoms in total. The molecule has 1 saturated heterocycles. The van der Waals surface area contributed by atoms with E-state index in [9.17, 15) is 0 Å². The van der Waals surface area contributed by atoms with Crippen molar-refractivity contribution in [2.45, 2.75) is 18.7 Å². The Kier molecular flexibility index (Phi) is 3.55. The first kappa shape index (κ1) is 12.6. The van der Waals surface area contributed by atoms with Crippen molar-refractivity contribution in [3.63, 3.8) is 0 Å². The van der Waals surface area contributed by atoms with Crippen LogP contribution in [0.3, 0.4) is 0 Å². The summed E-state index contributed by atoms with van der Waals surface area (Å²) in [5.41, 5.74) is 6.66. The van der Waals surface area contributed by atoms with Gasteiger partial charge in [0.1, 0.15) is 15.9 Å². The van der Waals surface area contributed by atoms with Gasteiger partial charge in [0.15, 0.2) is 0 Å². The Bertz CT molecular complexity index is 451. The second-order valence-corrected chi connectivity index (χ2v) is 6.47.